The summed E-state index contributed by atoms with van der Waals surface area (Å²) < 4.78 is 2.59. The third-order valence-corrected chi connectivity index (χ3v) is 2.38. The molecule has 0 saturated heterocycles. The molecule has 0 aliphatic heterocycles. The predicted octanol–water partition coefficient (Wildman–Crippen LogP) is 1.28. The Morgan fingerprint density at radius 2 is 2.47 bits per heavy atom. The molecule has 2 aromatic heterocycles. The number of nitrogens with one attached hydrogen (secondary N) is 1. The van der Waals surface area contributed by atoms with Gasteiger partial charge in [0.1, 0.15) is 4.60 Å². The monoisotopic (exact) mass is 270 g/mol. The van der Waals surface area contributed by atoms with Crippen molar-refractivity contribution in [2.75, 3.05) is 11.9 Å². The van der Waals surface area contributed by atoms with Gasteiger partial charge in [0.05, 0.1) is 6.61 Å². The van der Waals surface area contributed by atoms with E-state index >= 15 is 0 Å². The Morgan fingerprint density at radius 3 is 3.20 bits per heavy atom. The molecule has 0 saturated carbocycles. The largest absolute Gasteiger partial charge is 0.394 e. The highest BCUT2D eigenvalue weighted by atomic mass is 79.9. The maximum absolute atomic E-state index is 8.96. The van der Waals surface area contributed by atoms with Crippen molar-refractivity contribution in [3.05, 3.63) is 23.2 Å². The van der Waals surface area contributed by atoms with E-state index in [2.05, 4.69) is 31.2 Å². The standard InChI is InChI=1S/C9H11BrN4O/c1-6(5-15)12-8-9-11-2-3-14(9)4-7(10)13-8/h2-4,6,15H,5H2,1H3,(H,12,13). The molecule has 0 aliphatic rings. The van der Waals surface area contributed by atoms with Gasteiger partial charge in [-0.05, 0) is 22.9 Å². The Hall–Kier alpha value is -1.14. The van der Waals surface area contributed by atoms with Crippen LogP contribution in [-0.2, 0) is 0 Å². The Morgan fingerprint density at radius 1 is 1.67 bits per heavy atom. The zero-order valence-corrected chi connectivity index (χ0v) is 9.77. The lowest BCUT2D eigenvalue weighted by molar-refractivity contribution is 0.281. The van der Waals surface area contributed by atoms with Crippen molar-refractivity contribution in [2.24, 2.45) is 0 Å². The van der Waals surface area contributed by atoms with Gasteiger partial charge in [-0.2, -0.15) is 0 Å². The molecule has 0 radical (unpaired) electrons. The molecule has 0 bridgehead atoms. The number of hydrogen-bond donors (Lipinski definition) is 2. The first-order chi connectivity index (χ1) is 7.20. The number of hydrogen-bond acceptors (Lipinski definition) is 4. The molecule has 5 nitrogen and oxygen atoms in total. The van der Waals surface area contributed by atoms with Gasteiger partial charge in [0.15, 0.2) is 11.5 Å². The van der Waals surface area contributed by atoms with Gasteiger partial charge in [0.25, 0.3) is 0 Å². The van der Waals surface area contributed by atoms with Crippen molar-refractivity contribution in [1.29, 1.82) is 0 Å². The van der Waals surface area contributed by atoms with Crippen molar-refractivity contribution < 1.29 is 5.11 Å². The Labute approximate surface area is 95.3 Å². The molecule has 2 rings (SSSR count). The molecule has 2 heterocycles. The predicted molar refractivity (Wildman–Crippen MR) is 60.9 cm³/mol. The summed E-state index contributed by atoms with van der Waals surface area (Å²) in [7, 11) is 0. The molecule has 2 aromatic rings. The van der Waals surface area contributed by atoms with Crippen LogP contribution in [0.15, 0.2) is 23.2 Å². The molecule has 2 N–H and O–H groups in total. The van der Waals surface area contributed by atoms with E-state index in [4.69, 9.17) is 5.11 Å². The number of aliphatic hydroxyl groups is 1. The zero-order chi connectivity index (χ0) is 10.8. The maximum Gasteiger partial charge on any atom is 0.180 e. The van der Waals surface area contributed by atoms with Gasteiger partial charge in [-0.25, -0.2) is 9.97 Å². The van der Waals surface area contributed by atoms with Crippen molar-refractivity contribution in [3.63, 3.8) is 0 Å². The van der Waals surface area contributed by atoms with Crippen molar-refractivity contribution in [1.82, 2.24) is 14.4 Å². The van der Waals surface area contributed by atoms with Gasteiger partial charge in [0.2, 0.25) is 0 Å². The van der Waals surface area contributed by atoms with Crippen LogP contribution in [0.4, 0.5) is 5.82 Å². The molecular weight excluding hydrogens is 260 g/mol. The van der Waals surface area contributed by atoms with Gasteiger partial charge < -0.3 is 14.8 Å². The van der Waals surface area contributed by atoms with Crippen LogP contribution in [0.1, 0.15) is 6.92 Å². The fourth-order valence-electron chi connectivity index (χ4n) is 1.28. The van der Waals surface area contributed by atoms with E-state index in [0.717, 1.165) is 10.3 Å². The van der Waals surface area contributed by atoms with E-state index in [9.17, 15) is 0 Å². The van der Waals surface area contributed by atoms with E-state index in [1.807, 2.05) is 23.7 Å². The average molecular weight is 271 g/mol. The number of aromatic nitrogens is 3. The molecule has 0 amide bonds. The summed E-state index contributed by atoms with van der Waals surface area (Å²) in [5.41, 5.74) is 0.749. The fraction of sp³-hybridized carbons (Fsp3) is 0.333. The smallest absolute Gasteiger partial charge is 0.180 e. The third-order valence-electron chi connectivity index (χ3n) is 2.00. The number of halogens is 1. The van der Waals surface area contributed by atoms with Crippen LogP contribution < -0.4 is 5.32 Å². The molecular formula is C9H11BrN4O. The second-order valence-corrected chi connectivity index (χ2v) is 4.11. The minimum atomic E-state index is -0.0488. The lowest BCUT2D eigenvalue weighted by Gasteiger charge is -2.12. The zero-order valence-electron chi connectivity index (χ0n) is 8.18. The quantitative estimate of drug-likeness (QED) is 0.882. The molecule has 1 atom stereocenters. The lowest BCUT2D eigenvalue weighted by Crippen LogP contribution is -2.20. The highest BCUT2D eigenvalue weighted by Gasteiger charge is 2.08. The highest BCUT2D eigenvalue weighted by Crippen LogP contribution is 2.17. The van der Waals surface area contributed by atoms with E-state index in [1.54, 1.807) is 6.20 Å². The SMILES string of the molecule is CC(CO)Nc1nc(Br)cn2ccnc12. The fourth-order valence-corrected chi connectivity index (χ4v) is 1.67. The number of rotatable bonds is 3. The van der Waals surface area contributed by atoms with Gasteiger partial charge in [-0.15, -0.1) is 0 Å². The molecule has 0 aromatic carbocycles. The van der Waals surface area contributed by atoms with E-state index < -0.39 is 0 Å². The molecule has 0 spiro atoms. The maximum atomic E-state index is 8.96. The number of imidazole rings is 1. The first-order valence-electron chi connectivity index (χ1n) is 4.57. The summed E-state index contributed by atoms with van der Waals surface area (Å²) in [5.74, 6) is 0.663. The first-order valence-corrected chi connectivity index (χ1v) is 5.36. The molecule has 1 unspecified atom stereocenters. The summed E-state index contributed by atoms with van der Waals surface area (Å²) in [6.45, 7) is 1.93. The van der Waals surface area contributed by atoms with Crippen LogP contribution >= 0.6 is 15.9 Å². The minimum absolute atomic E-state index is 0.0488. The topological polar surface area (TPSA) is 62.5 Å². The summed E-state index contributed by atoms with van der Waals surface area (Å²) in [6.07, 6.45) is 5.38. The van der Waals surface area contributed by atoms with Crippen molar-refractivity contribution in [3.8, 4) is 0 Å². The first kappa shape index (κ1) is 10.4. The van der Waals surface area contributed by atoms with Crippen molar-refractivity contribution in [2.45, 2.75) is 13.0 Å². The Balaban J connectivity index is 2.44. The van der Waals surface area contributed by atoms with E-state index in [1.165, 1.54) is 0 Å². The molecule has 15 heavy (non-hydrogen) atoms. The summed E-state index contributed by atoms with van der Waals surface area (Å²) in [6, 6.07) is -0.0488. The van der Waals surface area contributed by atoms with Gasteiger partial charge in [-0.3, -0.25) is 0 Å². The normalized spacial score (nSPS) is 13.0. The Kier molecular flexibility index (Phi) is 2.88. The number of anilines is 1. The lowest BCUT2D eigenvalue weighted by atomic mass is 10.3. The van der Waals surface area contributed by atoms with Crippen LogP contribution in [-0.4, -0.2) is 32.1 Å². The summed E-state index contributed by atoms with van der Waals surface area (Å²) in [4.78, 5) is 8.46. The van der Waals surface area contributed by atoms with Crippen LogP contribution in [0, 0.1) is 0 Å². The third kappa shape index (κ3) is 2.10. The highest BCUT2D eigenvalue weighted by molar-refractivity contribution is 9.10. The van der Waals surface area contributed by atoms with Crippen LogP contribution in [0.5, 0.6) is 0 Å². The van der Waals surface area contributed by atoms with Crippen molar-refractivity contribution >= 4 is 27.4 Å². The molecule has 0 fully saturated rings. The summed E-state index contributed by atoms with van der Waals surface area (Å²) in [5, 5.41) is 12.0. The van der Waals surface area contributed by atoms with Crippen LogP contribution in [0.2, 0.25) is 0 Å². The Bertz CT molecular complexity index is 470. The van der Waals surface area contributed by atoms with E-state index in [-0.39, 0.29) is 12.6 Å². The number of aliphatic hydroxyl groups excluding tert-OH is 1. The molecule has 6 heteroatoms. The number of fused-ring (bicyclic) bond motifs is 1. The molecule has 0 aliphatic carbocycles. The van der Waals surface area contributed by atoms with E-state index in [0.29, 0.717) is 5.82 Å². The average Bonchev–Trinajstić information content (AvgIpc) is 2.65. The molecule has 80 valence electrons. The van der Waals surface area contributed by atoms with Crippen LogP contribution in [0.25, 0.3) is 5.65 Å². The van der Waals surface area contributed by atoms with Gasteiger partial charge >= 0.3 is 0 Å². The second-order valence-electron chi connectivity index (χ2n) is 3.30. The summed E-state index contributed by atoms with van der Waals surface area (Å²) >= 11 is 3.32. The van der Waals surface area contributed by atoms with Gasteiger partial charge in [0, 0.05) is 24.6 Å². The minimum Gasteiger partial charge on any atom is -0.394 e. The second kappa shape index (κ2) is 4.16. The number of nitrogens with zero attached hydrogens (tertiary/aromatic N) is 3. The van der Waals surface area contributed by atoms with Gasteiger partial charge in [-0.1, -0.05) is 0 Å². The van der Waals surface area contributed by atoms with Crippen LogP contribution in [0.3, 0.4) is 0 Å².